The van der Waals surface area contributed by atoms with Gasteiger partial charge in [0, 0.05) is 44.4 Å². The van der Waals surface area contributed by atoms with Gasteiger partial charge in [0.25, 0.3) is 0 Å². The van der Waals surface area contributed by atoms with E-state index < -0.39 is 0 Å². The Labute approximate surface area is 283 Å². The third-order valence-corrected chi connectivity index (χ3v) is 8.92. The van der Waals surface area contributed by atoms with Crippen molar-refractivity contribution in [1.29, 1.82) is 0 Å². The maximum Gasteiger partial charge on any atom is 1.00 e. The fourth-order valence-electron chi connectivity index (χ4n) is 6.72. The van der Waals surface area contributed by atoms with Gasteiger partial charge >= 0.3 is 18.9 Å². The van der Waals surface area contributed by atoms with Crippen LogP contribution in [0.2, 0.25) is 0 Å². The average Bonchev–Trinajstić information content (AvgIpc) is 3.46. The molecule has 0 saturated carbocycles. The van der Waals surface area contributed by atoms with Crippen molar-refractivity contribution in [2.75, 3.05) is 0 Å². The van der Waals surface area contributed by atoms with Crippen LogP contribution in [0.5, 0.6) is 5.75 Å². The molecule has 47 heavy (non-hydrogen) atoms. The Kier molecular flexibility index (Phi) is 7.11. The number of benzene rings is 6. The summed E-state index contributed by atoms with van der Waals surface area (Å²) in [6.07, 6.45) is 0. The van der Waals surface area contributed by atoms with E-state index in [1.807, 2.05) is 24.3 Å². The van der Waals surface area contributed by atoms with Gasteiger partial charge in [0.15, 0.2) is 0 Å². The number of aromatic nitrogens is 3. The largest absolute Gasteiger partial charge is 1.00 e. The van der Waals surface area contributed by atoms with Gasteiger partial charge in [0.05, 0.1) is 16.7 Å². The molecule has 0 bridgehead atoms. The molecule has 216 valence electrons. The van der Waals surface area contributed by atoms with E-state index in [4.69, 9.17) is 4.98 Å². The van der Waals surface area contributed by atoms with E-state index >= 15 is 0 Å². The molecule has 9 aromatic rings. The topological polar surface area (TPSA) is 55.0 Å². The zero-order valence-corrected chi connectivity index (χ0v) is 25.8. The molecule has 0 amide bonds. The van der Waals surface area contributed by atoms with Crippen LogP contribution in [0.1, 0.15) is 0 Å². The van der Waals surface area contributed by atoms with Gasteiger partial charge in [-0.15, -0.1) is 0 Å². The minimum Gasteiger partial charge on any atom is -0.872 e. The molecule has 6 aromatic carbocycles. The summed E-state index contributed by atoms with van der Waals surface area (Å²) in [5, 5.41) is 17.2. The van der Waals surface area contributed by atoms with Crippen LogP contribution in [0.25, 0.3) is 82.9 Å². The summed E-state index contributed by atoms with van der Waals surface area (Å²) in [5.41, 5.74) is 10.8. The third kappa shape index (κ3) is 4.87. The van der Waals surface area contributed by atoms with Crippen molar-refractivity contribution in [2.45, 2.75) is 0 Å². The Morgan fingerprint density at radius 1 is 0.532 bits per heavy atom. The molecule has 3 aromatic heterocycles. The summed E-state index contributed by atoms with van der Waals surface area (Å²) >= 11 is 0. The molecule has 4 nitrogen and oxygen atoms in total. The molecule has 0 radical (unpaired) electrons. The molecule has 3 heterocycles. The Balaban J connectivity index is 0.00000324. The number of nitrogens with one attached hydrogen (secondary N) is 1. The number of hydrogen-bond acceptors (Lipinski definition) is 2. The fraction of sp³-hybridized carbons (Fsp3) is 0. The van der Waals surface area contributed by atoms with E-state index in [-0.39, 0.29) is 24.6 Å². The number of H-pyrrole nitrogens is 1. The van der Waals surface area contributed by atoms with Gasteiger partial charge < -0.3 is 9.67 Å². The molecule has 0 fully saturated rings. The molecular weight excluding hydrogens is 569 g/mol. The number of aromatic amines is 1. The Hall–Kier alpha value is -5.66. The van der Waals surface area contributed by atoms with E-state index in [0.717, 1.165) is 66.6 Å². The minimum absolute atomic E-state index is 0. The molecule has 5 heteroatoms. The first-order valence-corrected chi connectivity index (χ1v) is 15.4. The monoisotopic (exact) mass is 596 g/mol. The Bertz CT molecular complexity index is 2560. The van der Waals surface area contributed by atoms with Gasteiger partial charge in [-0.1, -0.05) is 103 Å². The molecule has 0 saturated heterocycles. The minimum atomic E-state index is -0.0118. The van der Waals surface area contributed by atoms with E-state index in [1.165, 1.54) is 10.8 Å². The van der Waals surface area contributed by atoms with Crippen molar-refractivity contribution in [3.05, 3.63) is 158 Å². The second-order valence-corrected chi connectivity index (χ2v) is 11.7. The zero-order valence-electron chi connectivity index (χ0n) is 25.8. The molecule has 0 unspecified atom stereocenters. The van der Waals surface area contributed by atoms with Crippen LogP contribution in [0.3, 0.4) is 0 Å². The zero-order chi connectivity index (χ0) is 30.6. The summed E-state index contributed by atoms with van der Waals surface area (Å²) in [4.78, 5) is 8.84. The molecule has 9 rings (SSSR count). The molecule has 0 aliphatic carbocycles. The number of nitrogens with zero attached hydrogens (tertiary/aromatic N) is 2. The summed E-state index contributed by atoms with van der Waals surface area (Å²) < 4.78 is 2.36. The van der Waals surface area contributed by atoms with Crippen LogP contribution < -0.4 is 29.0 Å². The van der Waals surface area contributed by atoms with Crippen LogP contribution in [0, 0.1) is 0 Å². The normalized spacial score (nSPS) is 11.3. The molecule has 1 N–H and O–H groups in total. The van der Waals surface area contributed by atoms with Crippen LogP contribution in [0.4, 0.5) is 0 Å². The third-order valence-electron chi connectivity index (χ3n) is 8.92. The van der Waals surface area contributed by atoms with E-state index in [0.29, 0.717) is 5.56 Å². The van der Waals surface area contributed by atoms with Gasteiger partial charge in [-0.3, -0.25) is 0 Å². The van der Waals surface area contributed by atoms with Gasteiger partial charge in [0.2, 0.25) is 11.2 Å². The molecule has 0 aliphatic heterocycles. The molecule has 0 atom stereocenters. The average molecular weight is 597 g/mol. The van der Waals surface area contributed by atoms with Crippen molar-refractivity contribution in [3.63, 3.8) is 0 Å². The van der Waals surface area contributed by atoms with Crippen molar-refractivity contribution < 1.29 is 29.0 Å². The first kappa shape index (κ1) is 28.8. The van der Waals surface area contributed by atoms with Gasteiger partial charge in [-0.05, 0) is 65.7 Å². The van der Waals surface area contributed by atoms with Crippen LogP contribution in [-0.4, -0.2) is 9.55 Å². The predicted molar refractivity (Wildman–Crippen MR) is 186 cm³/mol. The molecule has 0 spiro atoms. The number of pyridine rings is 2. The van der Waals surface area contributed by atoms with Crippen LogP contribution in [-0.2, 0) is 0 Å². The standard InChI is InChI=1S/C42H27N3O.Li/c46-40-17-9-6-14-35(40)37-23-21-29-19-18-28-20-22-36(43-41(28)42(29)44-37)31-24-30(27-10-2-1-3-11-27)25-32(26-31)45-38-15-7-4-12-33(38)34-13-5-8-16-39(34)45;/h1-26,46H;/q;+1. The maximum atomic E-state index is 12.7. The first-order valence-electron chi connectivity index (χ1n) is 15.4. The van der Waals surface area contributed by atoms with Crippen molar-refractivity contribution in [3.8, 4) is 45.1 Å². The van der Waals surface area contributed by atoms with Gasteiger partial charge in [-0.25, -0.2) is 9.97 Å². The quantitative estimate of drug-likeness (QED) is 0.175. The van der Waals surface area contributed by atoms with Crippen LogP contribution in [0.15, 0.2) is 158 Å². The number of fused-ring (bicyclic) bond motifs is 6. The van der Waals surface area contributed by atoms with Gasteiger partial charge in [0.1, 0.15) is 5.52 Å². The van der Waals surface area contributed by atoms with Crippen LogP contribution >= 0.6 is 0 Å². The second kappa shape index (κ2) is 11.6. The number of hydrogen-bond donors (Lipinski definition) is 0. The number of para-hydroxylation sites is 3. The molecule has 0 aliphatic rings. The SMILES string of the molecule is [Li+].[O-]c1ccccc1-c1ccc2ccc3ccc(-c4cc(-c5ccccc5)cc(-n5c6ccccc6c6ccccc65)c4)nc3c2[nH+]1. The predicted octanol–water partition coefficient (Wildman–Crippen LogP) is 6.38. The summed E-state index contributed by atoms with van der Waals surface area (Å²) in [7, 11) is 0. The summed E-state index contributed by atoms with van der Waals surface area (Å²) in [6.45, 7) is 0. The Morgan fingerprint density at radius 2 is 1.15 bits per heavy atom. The van der Waals surface area contributed by atoms with Gasteiger partial charge in [-0.2, -0.15) is 0 Å². The van der Waals surface area contributed by atoms with Crippen molar-refractivity contribution in [1.82, 2.24) is 9.55 Å². The van der Waals surface area contributed by atoms with E-state index in [2.05, 4.69) is 131 Å². The van der Waals surface area contributed by atoms with E-state index in [9.17, 15) is 5.11 Å². The smallest absolute Gasteiger partial charge is 0.872 e. The second-order valence-electron chi connectivity index (χ2n) is 11.7. The summed E-state index contributed by atoms with van der Waals surface area (Å²) in [6, 6.07) is 54.0. The number of rotatable bonds is 4. The van der Waals surface area contributed by atoms with Crippen molar-refractivity contribution >= 4 is 43.6 Å². The fourth-order valence-corrected chi connectivity index (χ4v) is 6.72. The molecular formula is C42H27LiN3O+. The van der Waals surface area contributed by atoms with E-state index in [1.54, 1.807) is 12.1 Å². The maximum absolute atomic E-state index is 12.7. The first-order chi connectivity index (χ1) is 22.7. The summed E-state index contributed by atoms with van der Waals surface area (Å²) in [5.74, 6) is -0.0118. The van der Waals surface area contributed by atoms with Crippen molar-refractivity contribution in [2.24, 2.45) is 0 Å². The Morgan fingerprint density at radius 3 is 1.91 bits per heavy atom.